The molecule has 0 N–H and O–H groups in total. The van der Waals surface area contributed by atoms with E-state index >= 15 is 0 Å². The van der Waals surface area contributed by atoms with Gasteiger partial charge in [-0.05, 0) is 109 Å². The van der Waals surface area contributed by atoms with Crippen LogP contribution in [0, 0.1) is 0 Å². The van der Waals surface area contributed by atoms with Gasteiger partial charge in [0.15, 0.2) is 5.82 Å². The molecule has 4 aromatic carbocycles. The number of hydrogen-bond donors (Lipinski definition) is 0. The topological polar surface area (TPSA) is 82.1 Å². The Morgan fingerprint density at radius 1 is 0.473 bits per heavy atom. The van der Waals surface area contributed by atoms with Gasteiger partial charge < -0.3 is 28.7 Å². The minimum absolute atomic E-state index is 0.641. The summed E-state index contributed by atoms with van der Waals surface area (Å²) in [5.74, 6) is 5.52. The second kappa shape index (κ2) is 21.4. The van der Waals surface area contributed by atoms with Gasteiger partial charge in [0.05, 0.1) is 27.4 Å². The Labute approximate surface area is 328 Å². The maximum atomic E-state index is 6.01. The van der Waals surface area contributed by atoms with Crippen LogP contribution in [0.2, 0.25) is 0 Å². The van der Waals surface area contributed by atoms with Crippen LogP contribution in [0.5, 0.6) is 23.0 Å². The van der Waals surface area contributed by atoms with Gasteiger partial charge in [-0.3, -0.25) is 0 Å². The van der Waals surface area contributed by atoms with E-state index < -0.39 is 0 Å². The van der Waals surface area contributed by atoms with Crippen molar-refractivity contribution in [2.24, 2.45) is 0 Å². The molecule has 0 unspecified atom stereocenters. The van der Waals surface area contributed by atoms with E-state index in [4.69, 9.17) is 33.9 Å². The average molecular weight is 744 g/mol. The van der Waals surface area contributed by atoms with Crippen molar-refractivity contribution in [3.8, 4) is 45.3 Å². The molecule has 9 heteroatoms. The van der Waals surface area contributed by atoms with E-state index in [-0.39, 0.29) is 0 Å². The molecule has 9 nitrogen and oxygen atoms in total. The van der Waals surface area contributed by atoms with Crippen LogP contribution in [-0.2, 0) is 0 Å². The third-order valence-electron chi connectivity index (χ3n) is 9.54. The fourth-order valence-electron chi connectivity index (χ4n) is 6.13. The lowest BCUT2D eigenvalue weighted by Crippen LogP contribution is -2.26. The van der Waals surface area contributed by atoms with Crippen LogP contribution in [0.4, 0.5) is 11.9 Å². The number of nitrogens with zero attached hydrogens (tertiary/aromatic N) is 5. The number of anilines is 2. The zero-order valence-corrected chi connectivity index (χ0v) is 33.3. The van der Waals surface area contributed by atoms with E-state index in [1.807, 2.05) is 55.5 Å². The Kier molecular flexibility index (Phi) is 15.8. The highest BCUT2D eigenvalue weighted by Gasteiger charge is 2.14. The molecule has 0 aliphatic heterocycles. The highest BCUT2D eigenvalue weighted by atomic mass is 16.5. The predicted octanol–water partition coefficient (Wildman–Crippen LogP) is 10.4. The molecule has 0 atom stereocenters. The summed E-state index contributed by atoms with van der Waals surface area (Å²) in [6.07, 6.45) is 8.54. The third-order valence-corrected chi connectivity index (χ3v) is 9.54. The summed E-state index contributed by atoms with van der Waals surface area (Å²) in [7, 11) is 7.47. The van der Waals surface area contributed by atoms with Crippen molar-refractivity contribution in [2.75, 3.05) is 64.4 Å². The highest BCUT2D eigenvalue weighted by Crippen LogP contribution is 2.26. The Bertz CT molecular complexity index is 1750. The number of allylic oxidation sites excluding steroid dienone is 1. The van der Waals surface area contributed by atoms with Crippen molar-refractivity contribution in [3.05, 3.63) is 109 Å². The zero-order valence-electron chi connectivity index (χ0n) is 33.3. The monoisotopic (exact) mass is 743 g/mol. The second-order valence-corrected chi connectivity index (χ2v) is 13.9. The molecule has 55 heavy (non-hydrogen) atoms. The van der Waals surface area contributed by atoms with Crippen molar-refractivity contribution in [3.63, 3.8) is 0 Å². The number of hydrogen-bond acceptors (Lipinski definition) is 9. The Morgan fingerprint density at radius 2 is 0.800 bits per heavy atom. The van der Waals surface area contributed by atoms with E-state index in [1.165, 1.54) is 0 Å². The van der Waals surface area contributed by atoms with Gasteiger partial charge >= 0.3 is 0 Å². The summed E-state index contributed by atoms with van der Waals surface area (Å²) in [5.41, 5.74) is 5.46. The molecule has 0 fully saturated rings. The van der Waals surface area contributed by atoms with Crippen LogP contribution >= 0.6 is 0 Å². The van der Waals surface area contributed by atoms with Gasteiger partial charge in [0.2, 0.25) is 11.9 Å². The van der Waals surface area contributed by atoms with Gasteiger partial charge in [-0.1, -0.05) is 80.8 Å². The molecule has 1 heterocycles. The lowest BCUT2D eigenvalue weighted by atomic mass is 10.1. The quantitative estimate of drug-likeness (QED) is 0.0607. The largest absolute Gasteiger partial charge is 0.497 e. The number of unbranched alkanes of at least 4 members (excludes halogenated alkanes) is 6. The van der Waals surface area contributed by atoms with Crippen molar-refractivity contribution in [1.82, 2.24) is 15.0 Å². The molecule has 0 radical (unpaired) electrons. The SMILES string of the molecule is C=C(C)c1nc(N(C)CCCCCCOc2ccc(-c3ccc(OC)cc3)cc2)nc(N(C)CCCCCCOc2ccc(-c3ccc(OC)cc3)cc2)n1. The normalized spacial score (nSPS) is 10.9. The van der Waals surface area contributed by atoms with Crippen LogP contribution < -0.4 is 28.7 Å². The summed E-state index contributed by atoms with van der Waals surface area (Å²) >= 11 is 0. The Balaban J connectivity index is 0.960. The molecule has 0 aliphatic carbocycles. The van der Waals surface area contributed by atoms with Crippen LogP contribution in [0.25, 0.3) is 27.8 Å². The highest BCUT2D eigenvalue weighted by molar-refractivity contribution is 5.66. The maximum absolute atomic E-state index is 6.01. The molecule has 0 aliphatic rings. The van der Waals surface area contributed by atoms with Crippen molar-refractivity contribution < 1.29 is 18.9 Å². The van der Waals surface area contributed by atoms with E-state index in [0.29, 0.717) is 30.9 Å². The lowest BCUT2D eigenvalue weighted by Gasteiger charge is -2.22. The first-order valence-corrected chi connectivity index (χ1v) is 19.4. The minimum Gasteiger partial charge on any atom is -0.497 e. The number of rotatable bonds is 23. The first-order chi connectivity index (χ1) is 26.8. The van der Waals surface area contributed by atoms with Crippen LogP contribution in [0.15, 0.2) is 104 Å². The van der Waals surface area contributed by atoms with E-state index in [0.717, 1.165) is 115 Å². The van der Waals surface area contributed by atoms with E-state index in [9.17, 15) is 0 Å². The number of benzene rings is 4. The summed E-state index contributed by atoms with van der Waals surface area (Å²) < 4.78 is 22.5. The van der Waals surface area contributed by atoms with Gasteiger partial charge in [0, 0.05) is 27.2 Å². The summed E-state index contributed by atoms with van der Waals surface area (Å²) in [5, 5.41) is 0. The number of ether oxygens (including phenoxy) is 4. The van der Waals surface area contributed by atoms with Gasteiger partial charge in [-0.25, -0.2) is 0 Å². The third kappa shape index (κ3) is 12.8. The summed E-state index contributed by atoms with van der Waals surface area (Å²) in [6, 6.07) is 32.7. The molecular weight excluding hydrogens is 687 g/mol. The predicted molar refractivity (Wildman–Crippen MR) is 226 cm³/mol. The van der Waals surface area contributed by atoms with Crippen LogP contribution in [0.1, 0.15) is 64.1 Å². The number of methoxy groups -OCH3 is 2. The molecular formula is C46H57N5O4. The first kappa shape index (κ1) is 40.6. The van der Waals surface area contributed by atoms with Crippen LogP contribution in [-0.4, -0.2) is 69.6 Å². The molecule has 290 valence electrons. The molecule has 5 rings (SSSR count). The smallest absolute Gasteiger partial charge is 0.230 e. The Hall–Kier alpha value is -5.57. The van der Waals surface area contributed by atoms with Crippen LogP contribution in [0.3, 0.4) is 0 Å². The average Bonchev–Trinajstić information content (AvgIpc) is 3.23. The zero-order chi connectivity index (χ0) is 38.8. The lowest BCUT2D eigenvalue weighted by molar-refractivity contribution is 0.304. The molecule has 0 bridgehead atoms. The summed E-state index contributed by atoms with van der Waals surface area (Å²) in [6.45, 7) is 9.19. The molecule has 1 aromatic heterocycles. The van der Waals surface area contributed by atoms with E-state index in [1.54, 1.807) is 14.2 Å². The van der Waals surface area contributed by atoms with E-state index in [2.05, 4.69) is 79.0 Å². The summed E-state index contributed by atoms with van der Waals surface area (Å²) in [4.78, 5) is 18.5. The van der Waals surface area contributed by atoms with Gasteiger partial charge in [-0.15, -0.1) is 0 Å². The first-order valence-electron chi connectivity index (χ1n) is 19.4. The van der Waals surface area contributed by atoms with Crippen molar-refractivity contribution in [1.29, 1.82) is 0 Å². The maximum Gasteiger partial charge on any atom is 0.230 e. The fraction of sp³-hybridized carbons (Fsp3) is 0.370. The molecule has 0 saturated carbocycles. The van der Waals surface area contributed by atoms with Gasteiger partial charge in [0.1, 0.15) is 23.0 Å². The fourth-order valence-corrected chi connectivity index (χ4v) is 6.13. The Morgan fingerprint density at radius 3 is 1.13 bits per heavy atom. The molecule has 0 amide bonds. The minimum atomic E-state index is 0.641. The molecule has 0 saturated heterocycles. The van der Waals surface area contributed by atoms with Gasteiger partial charge in [-0.2, -0.15) is 15.0 Å². The number of aromatic nitrogens is 3. The second-order valence-electron chi connectivity index (χ2n) is 13.9. The van der Waals surface area contributed by atoms with Crippen molar-refractivity contribution >= 4 is 17.5 Å². The standard InChI is InChI=1S/C46H57N5O4/c1-35(2)44-47-45(50(3)31-11-7-9-13-33-54-42-27-19-38(20-28-42)36-15-23-40(52-5)24-16-36)49-46(48-44)51(4)32-12-8-10-14-34-55-43-29-21-39(22-30-43)37-17-25-41(53-6)26-18-37/h15-30H,1,7-14,31-34H2,2-6H3. The molecule has 0 spiro atoms. The molecule has 5 aromatic rings. The van der Waals surface area contributed by atoms with Crippen molar-refractivity contribution in [2.45, 2.75) is 58.3 Å². The van der Waals surface area contributed by atoms with Gasteiger partial charge in [0.25, 0.3) is 0 Å².